The van der Waals surface area contributed by atoms with Crippen molar-refractivity contribution >= 4 is 17.8 Å². The molecule has 0 aromatic heterocycles. The molecule has 1 saturated carbocycles. The minimum absolute atomic E-state index is 0.0494. The van der Waals surface area contributed by atoms with E-state index in [2.05, 4.69) is 0 Å². The topological polar surface area (TPSA) is 37.3 Å². The largest absolute Gasteiger partial charge is 0.460 e. The van der Waals surface area contributed by atoms with Crippen LogP contribution in [0.25, 0.3) is 0 Å². The van der Waals surface area contributed by atoms with E-state index < -0.39 is 55.2 Å². The zero-order valence-corrected chi connectivity index (χ0v) is 21.1. The summed E-state index contributed by atoms with van der Waals surface area (Å²) in [6.45, 7) is 0. The molecule has 2 aromatic rings. The zero-order chi connectivity index (χ0) is 28.5. The van der Waals surface area contributed by atoms with Gasteiger partial charge in [-0.05, 0) is 19.3 Å². The molecule has 0 spiro atoms. The van der Waals surface area contributed by atoms with Crippen LogP contribution in [0.3, 0.4) is 0 Å². The van der Waals surface area contributed by atoms with Crippen LogP contribution in [0.5, 0.6) is 0 Å². The van der Waals surface area contributed by atoms with Crippen molar-refractivity contribution in [1.82, 2.24) is 0 Å². The van der Waals surface area contributed by atoms with E-state index in [9.17, 15) is 40.4 Å². The monoisotopic (exact) mass is 574 g/mol. The maximum Gasteiger partial charge on any atom is 0.460 e. The van der Waals surface area contributed by atoms with Crippen LogP contribution in [0.1, 0.15) is 51.4 Å². The first-order chi connectivity index (χ1) is 17.5. The van der Waals surface area contributed by atoms with Gasteiger partial charge in [0.15, 0.2) is 0 Å². The molecule has 0 amide bonds. The third-order valence-electron chi connectivity index (χ3n) is 7.15. The van der Waals surface area contributed by atoms with E-state index >= 15 is 8.78 Å². The Bertz CT molecular complexity index is 1050. The number of alkyl halides is 9. The Balaban J connectivity index is 2.19. The van der Waals surface area contributed by atoms with Gasteiger partial charge >= 0.3 is 23.9 Å². The van der Waals surface area contributed by atoms with Gasteiger partial charge in [0.25, 0.3) is 0 Å². The smallest absolute Gasteiger partial charge is 0.390 e. The fraction of sp³-hybridized carbons (Fsp3) is 0.538. The van der Waals surface area contributed by atoms with Gasteiger partial charge < -0.3 is 9.67 Å². The fourth-order valence-electron chi connectivity index (χ4n) is 5.06. The molecule has 0 bridgehead atoms. The summed E-state index contributed by atoms with van der Waals surface area (Å²) in [5.41, 5.74) is -3.83. The fourth-order valence-corrected chi connectivity index (χ4v) is 8.51. The van der Waals surface area contributed by atoms with Crippen LogP contribution < -0.4 is 10.6 Å². The van der Waals surface area contributed by atoms with Crippen LogP contribution in [0.15, 0.2) is 60.7 Å². The lowest BCUT2D eigenvalue weighted by molar-refractivity contribution is -0.396. The first kappa shape index (κ1) is 30.5. The molecule has 1 fully saturated rings. The number of benzene rings is 2. The molecule has 0 radical (unpaired) electrons. The van der Waals surface area contributed by atoms with Crippen LogP contribution in [0.4, 0.5) is 39.5 Å². The second kappa shape index (κ2) is 10.9. The summed E-state index contributed by atoms with van der Waals surface area (Å²) < 4.78 is 139. The molecular formula is C26H28F9O2P. The van der Waals surface area contributed by atoms with E-state index in [1.807, 2.05) is 0 Å². The number of hydrogen-bond donors (Lipinski definition) is 1. The Morgan fingerprint density at radius 2 is 1.13 bits per heavy atom. The summed E-state index contributed by atoms with van der Waals surface area (Å²) >= 11 is 0. The Morgan fingerprint density at radius 3 is 1.53 bits per heavy atom. The molecule has 1 unspecified atom stereocenters. The maximum absolute atomic E-state index is 15.1. The molecule has 0 heterocycles. The highest BCUT2D eigenvalue weighted by atomic mass is 31.2. The second-order valence-corrected chi connectivity index (χ2v) is 13.0. The second-order valence-electron chi connectivity index (χ2n) is 9.88. The van der Waals surface area contributed by atoms with E-state index in [4.69, 9.17) is 0 Å². The number of halogens is 9. The quantitative estimate of drug-likeness (QED) is 0.189. The molecule has 212 valence electrons. The van der Waals surface area contributed by atoms with Crippen LogP contribution in [-0.4, -0.2) is 40.3 Å². The average Bonchev–Trinajstić information content (AvgIpc) is 3.07. The Kier molecular flexibility index (Phi) is 8.74. The van der Waals surface area contributed by atoms with Crippen molar-refractivity contribution in [3.8, 4) is 0 Å². The van der Waals surface area contributed by atoms with Gasteiger partial charge in [-0.25, -0.2) is 0 Å². The third kappa shape index (κ3) is 5.79. The Hall–Kier alpha value is -2.00. The maximum atomic E-state index is 15.1. The van der Waals surface area contributed by atoms with Crippen molar-refractivity contribution < 1.29 is 49.2 Å². The number of rotatable bonds is 9. The van der Waals surface area contributed by atoms with Crippen LogP contribution in [0, 0.1) is 0 Å². The van der Waals surface area contributed by atoms with E-state index in [1.54, 1.807) is 0 Å². The van der Waals surface area contributed by atoms with Crippen LogP contribution >= 0.6 is 7.14 Å². The minimum atomic E-state index is -7.06. The average molecular weight is 574 g/mol. The molecule has 0 aliphatic heterocycles. The van der Waals surface area contributed by atoms with Gasteiger partial charge in [0.2, 0.25) is 0 Å². The first-order valence-corrected chi connectivity index (χ1v) is 13.9. The summed E-state index contributed by atoms with van der Waals surface area (Å²) in [7, 11) is -4.42. The van der Waals surface area contributed by atoms with Gasteiger partial charge in [0.1, 0.15) is 7.14 Å². The van der Waals surface area contributed by atoms with Crippen molar-refractivity contribution in [2.45, 2.75) is 86.6 Å². The van der Waals surface area contributed by atoms with Gasteiger partial charge in [0, 0.05) is 22.7 Å². The highest BCUT2D eigenvalue weighted by Gasteiger charge is 2.81. The molecular weight excluding hydrogens is 546 g/mol. The standard InChI is InChI=1S/C26H28F9O2P/c27-23(28,24(29,30)25(31,32)26(33,34)35)18-21(17-22(36)15-9-1-2-10-16-22)38(37,19-11-5-3-6-12-19)20-13-7-4-8-14-20/h3-8,11-14,21,36H,1-2,9-10,15-18H2. The molecule has 0 saturated heterocycles. The van der Waals surface area contributed by atoms with Gasteiger partial charge in [-0.3, -0.25) is 0 Å². The normalized spacial score (nSPS) is 18.6. The van der Waals surface area contributed by atoms with Gasteiger partial charge in [-0.2, -0.15) is 39.5 Å². The van der Waals surface area contributed by atoms with Crippen molar-refractivity contribution in [1.29, 1.82) is 0 Å². The summed E-state index contributed by atoms with van der Waals surface area (Å²) in [4.78, 5) is 0. The number of hydrogen-bond acceptors (Lipinski definition) is 2. The van der Waals surface area contributed by atoms with Gasteiger partial charge in [-0.15, -0.1) is 0 Å². The molecule has 38 heavy (non-hydrogen) atoms. The lowest BCUT2D eigenvalue weighted by Crippen LogP contribution is -2.61. The zero-order valence-electron chi connectivity index (χ0n) is 20.2. The van der Waals surface area contributed by atoms with E-state index in [0.717, 1.165) is 0 Å². The highest BCUT2D eigenvalue weighted by Crippen LogP contribution is 2.60. The van der Waals surface area contributed by atoms with Crippen molar-refractivity contribution in [2.24, 2.45) is 0 Å². The van der Waals surface area contributed by atoms with E-state index in [-0.39, 0.29) is 23.5 Å². The summed E-state index contributed by atoms with van der Waals surface area (Å²) in [5.74, 6) is -19.8. The van der Waals surface area contributed by atoms with Gasteiger partial charge in [-0.1, -0.05) is 86.3 Å². The van der Waals surface area contributed by atoms with Crippen LogP contribution in [-0.2, 0) is 4.57 Å². The molecule has 1 N–H and O–H groups in total. The van der Waals surface area contributed by atoms with Gasteiger partial charge in [0.05, 0.1) is 5.60 Å². The first-order valence-electron chi connectivity index (χ1n) is 12.1. The molecule has 1 atom stereocenters. The van der Waals surface area contributed by atoms with Crippen molar-refractivity contribution in [2.75, 3.05) is 0 Å². The lowest BCUT2D eigenvalue weighted by Gasteiger charge is -2.40. The molecule has 2 aromatic carbocycles. The SMILES string of the molecule is O=P(c1ccccc1)(c1ccccc1)C(CC1(O)CCCCCC1)CC(F)(F)C(F)(F)C(F)(F)C(F)(F)F. The predicted molar refractivity (Wildman–Crippen MR) is 126 cm³/mol. The Labute approximate surface area is 214 Å². The lowest BCUT2D eigenvalue weighted by atomic mass is 9.87. The van der Waals surface area contributed by atoms with E-state index in [1.165, 1.54) is 60.7 Å². The highest BCUT2D eigenvalue weighted by molar-refractivity contribution is 7.79. The Morgan fingerprint density at radius 1 is 0.711 bits per heavy atom. The summed E-state index contributed by atoms with van der Waals surface area (Å²) in [5, 5.41) is 11.1. The number of aliphatic hydroxyl groups is 1. The third-order valence-corrected chi connectivity index (χ3v) is 10.7. The van der Waals surface area contributed by atoms with Crippen molar-refractivity contribution in [3.63, 3.8) is 0 Å². The summed E-state index contributed by atoms with van der Waals surface area (Å²) in [6, 6.07) is 13.8. The predicted octanol–water partition coefficient (Wildman–Crippen LogP) is 7.70. The van der Waals surface area contributed by atoms with E-state index in [0.29, 0.717) is 25.7 Å². The minimum Gasteiger partial charge on any atom is -0.390 e. The molecule has 1 aliphatic carbocycles. The molecule has 1 aliphatic rings. The van der Waals surface area contributed by atoms with Crippen molar-refractivity contribution in [3.05, 3.63) is 60.7 Å². The van der Waals surface area contributed by atoms with Crippen LogP contribution in [0.2, 0.25) is 0 Å². The molecule has 2 nitrogen and oxygen atoms in total. The molecule has 12 heteroatoms. The summed E-state index contributed by atoms with van der Waals surface area (Å²) in [6.07, 6.45) is -7.61. The molecule has 3 rings (SSSR count).